The van der Waals surface area contributed by atoms with Crippen LogP contribution in [0.4, 0.5) is 0 Å². The summed E-state index contributed by atoms with van der Waals surface area (Å²) in [6, 6.07) is 0. The van der Waals surface area contributed by atoms with Crippen LogP contribution in [0.2, 0.25) is 0 Å². The van der Waals surface area contributed by atoms with Gasteiger partial charge in [0.15, 0.2) is 0 Å². The van der Waals surface area contributed by atoms with Gasteiger partial charge in [-0.3, -0.25) is 9.59 Å². The summed E-state index contributed by atoms with van der Waals surface area (Å²) in [5.74, 6) is -1.78. The zero-order chi connectivity index (χ0) is 10.5. The second-order valence-corrected chi connectivity index (χ2v) is 6.74. The quantitative estimate of drug-likeness (QED) is 0.736. The third-order valence-electron chi connectivity index (χ3n) is 1.41. The van der Waals surface area contributed by atoms with Gasteiger partial charge in [-0.25, -0.2) is 0 Å². The Balaban J connectivity index is 3.79. The lowest BCUT2D eigenvalue weighted by Gasteiger charge is -2.17. The van der Waals surface area contributed by atoms with Crippen molar-refractivity contribution in [1.29, 1.82) is 0 Å². The standard InChI is InChI=1S/C7H10Br2O4/c8-7(9,3-1-5(10)11)4-2-6(12)13/h1-4H2,(H,10,11)(H,12,13). The fraction of sp³-hybridized carbons (Fsp3) is 0.714. The maximum atomic E-state index is 10.2. The van der Waals surface area contributed by atoms with E-state index in [4.69, 9.17) is 10.2 Å². The lowest BCUT2D eigenvalue weighted by atomic mass is 10.1. The topological polar surface area (TPSA) is 74.6 Å². The predicted molar refractivity (Wildman–Crippen MR) is 54.3 cm³/mol. The minimum Gasteiger partial charge on any atom is -0.481 e. The van der Waals surface area contributed by atoms with Crippen LogP contribution in [0.15, 0.2) is 0 Å². The molecule has 0 aliphatic carbocycles. The summed E-state index contributed by atoms with van der Waals surface area (Å²) in [5, 5.41) is 16.8. The molecule has 0 rings (SSSR count). The highest BCUT2D eigenvalue weighted by Gasteiger charge is 2.24. The predicted octanol–water partition coefficient (Wildman–Crippen LogP) is 2.20. The highest BCUT2D eigenvalue weighted by atomic mass is 79.9. The van der Waals surface area contributed by atoms with Crippen molar-refractivity contribution in [2.45, 2.75) is 28.9 Å². The molecule has 4 nitrogen and oxygen atoms in total. The first-order valence-corrected chi connectivity index (χ1v) is 5.23. The molecule has 0 unspecified atom stereocenters. The third kappa shape index (κ3) is 8.24. The van der Waals surface area contributed by atoms with Crippen LogP contribution in [0.5, 0.6) is 0 Å². The number of carbonyl (C=O) groups is 2. The number of hydrogen-bond acceptors (Lipinski definition) is 2. The van der Waals surface area contributed by atoms with Gasteiger partial charge in [0.1, 0.15) is 0 Å². The average Bonchev–Trinajstić information content (AvgIpc) is 1.98. The molecule has 0 spiro atoms. The highest BCUT2D eigenvalue weighted by Crippen LogP contribution is 2.36. The summed E-state index contributed by atoms with van der Waals surface area (Å²) in [4.78, 5) is 20.5. The van der Waals surface area contributed by atoms with Crippen molar-refractivity contribution in [3.05, 3.63) is 0 Å². The van der Waals surface area contributed by atoms with E-state index in [2.05, 4.69) is 31.9 Å². The molecule has 0 atom stereocenters. The molecule has 0 aliphatic rings. The van der Waals surface area contributed by atoms with Gasteiger partial charge in [-0.1, -0.05) is 31.9 Å². The van der Waals surface area contributed by atoms with E-state index >= 15 is 0 Å². The summed E-state index contributed by atoms with van der Waals surface area (Å²) in [5.41, 5.74) is 0. The molecule has 0 aromatic heterocycles. The summed E-state index contributed by atoms with van der Waals surface area (Å²) in [6.45, 7) is 0. The van der Waals surface area contributed by atoms with Crippen LogP contribution in [-0.4, -0.2) is 25.4 Å². The molecule has 0 radical (unpaired) electrons. The van der Waals surface area contributed by atoms with Gasteiger partial charge >= 0.3 is 11.9 Å². The molecule has 0 aromatic rings. The zero-order valence-corrected chi connectivity index (χ0v) is 9.97. The van der Waals surface area contributed by atoms with Gasteiger partial charge in [-0.05, 0) is 12.8 Å². The Morgan fingerprint density at radius 1 is 1.00 bits per heavy atom. The number of aliphatic carboxylic acids is 2. The van der Waals surface area contributed by atoms with Crippen LogP contribution >= 0.6 is 31.9 Å². The Morgan fingerprint density at radius 2 is 1.31 bits per heavy atom. The van der Waals surface area contributed by atoms with E-state index in [1.165, 1.54) is 0 Å². The molecule has 0 fully saturated rings. The fourth-order valence-corrected chi connectivity index (χ4v) is 1.50. The summed E-state index contributed by atoms with van der Waals surface area (Å²) in [7, 11) is 0. The molecule has 2 N–H and O–H groups in total. The number of rotatable bonds is 6. The lowest BCUT2D eigenvalue weighted by molar-refractivity contribution is -0.137. The van der Waals surface area contributed by atoms with Crippen LogP contribution in [0, 0.1) is 0 Å². The smallest absolute Gasteiger partial charge is 0.303 e. The molecule has 0 bridgehead atoms. The largest absolute Gasteiger partial charge is 0.481 e. The maximum absolute atomic E-state index is 10.2. The molecule has 13 heavy (non-hydrogen) atoms. The third-order valence-corrected chi connectivity index (χ3v) is 3.00. The molecule has 0 aromatic carbocycles. The Morgan fingerprint density at radius 3 is 1.54 bits per heavy atom. The van der Waals surface area contributed by atoms with Gasteiger partial charge in [0, 0.05) is 12.8 Å². The Hall–Kier alpha value is -0.100. The lowest BCUT2D eigenvalue weighted by Crippen LogP contribution is -2.15. The zero-order valence-electron chi connectivity index (χ0n) is 6.80. The fourth-order valence-electron chi connectivity index (χ4n) is 0.705. The molecule has 6 heteroatoms. The van der Waals surface area contributed by atoms with Crippen molar-refractivity contribution in [3.8, 4) is 0 Å². The summed E-state index contributed by atoms with van der Waals surface area (Å²) >= 11 is 6.46. The monoisotopic (exact) mass is 316 g/mol. The average molecular weight is 318 g/mol. The van der Waals surface area contributed by atoms with E-state index in [-0.39, 0.29) is 12.8 Å². The first kappa shape index (κ1) is 12.9. The van der Waals surface area contributed by atoms with Crippen LogP contribution in [0.1, 0.15) is 25.7 Å². The Kier molecular flexibility index (Phi) is 5.55. The van der Waals surface area contributed by atoms with Gasteiger partial charge in [0.2, 0.25) is 0 Å². The number of carboxylic acids is 2. The first-order chi connectivity index (χ1) is 5.83. The number of alkyl halides is 2. The van der Waals surface area contributed by atoms with E-state index in [9.17, 15) is 9.59 Å². The Bertz CT molecular complexity index is 183. The number of hydrogen-bond donors (Lipinski definition) is 2. The van der Waals surface area contributed by atoms with E-state index in [0.29, 0.717) is 12.8 Å². The SMILES string of the molecule is O=C(O)CCC(Br)(Br)CCC(=O)O. The van der Waals surface area contributed by atoms with Crippen molar-refractivity contribution in [3.63, 3.8) is 0 Å². The van der Waals surface area contributed by atoms with Crippen LogP contribution in [0.3, 0.4) is 0 Å². The molecule has 0 amide bonds. The number of carboxylic acid groups (broad SMARTS) is 2. The molecular formula is C7H10Br2O4. The first-order valence-electron chi connectivity index (χ1n) is 3.65. The molecule has 0 aliphatic heterocycles. The van der Waals surface area contributed by atoms with Crippen LogP contribution < -0.4 is 0 Å². The van der Waals surface area contributed by atoms with Gasteiger partial charge in [0.05, 0.1) is 3.23 Å². The van der Waals surface area contributed by atoms with E-state index in [1.807, 2.05) is 0 Å². The minimum absolute atomic E-state index is 0.0100. The van der Waals surface area contributed by atoms with Gasteiger partial charge < -0.3 is 10.2 Å². The Labute approximate surface area is 92.6 Å². The van der Waals surface area contributed by atoms with E-state index in [1.54, 1.807) is 0 Å². The molecule has 0 saturated heterocycles. The molecule has 0 saturated carbocycles. The normalized spacial score (nSPS) is 11.2. The minimum atomic E-state index is -0.890. The second kappa shape index (κ2) is 5.59. The van der Waals surface area contributed by atoms with Gasteiger partial charge in [0.25, 0.3) is 0 Å². The van der Waals surface area contributed by atoms with Crippen molar-refractivity contribution in [1.82, 2.24) is 0 Å². The van der Waals surface area contributed by atoms with Gasteiger partial charge in [-0.2, -0.15) is 0 Å². The highest BCUT2D eigenvalue weighted by molar-refractivity contribution is 9.25. The summed E-state index contributed by atoms with van der Waals surface area (Å²) < 4.78 is -0.573. The summed E-state index contributed by atoms with van der Waals surface area (Å²) in [6.07, 6.45) is 0.734. The van der Waals surface area contributed by atoms with Crippen LogP contribution in [-0.2, 0) is 9.59 Å². The number of halogens is 2. The van der Waals surface area contributed by atoms with Crippen molar-refractivity contribution in [2.24, 2.45) is 0 Å². The molecule has 76 valence electrons. The van der Waals surface area contributed by atoms with Crippen molar-refractivity contribution >= 4 is 43.8 Å². The van der Waals surface area contributed by atoms with Crippen LogP contribution in [0.25, 0.3) is 0 Å². The van der Waals surface area contributed by atoms with Gasteiger partial charge in [-0.15, -0.1) is 0 Å². The second-order valence-electron chi connectivity index (χ2n) is 2.64. The molecule has 0 heterocycles. The van der Waals surface area contributed by atoms with Crippen molar-refractivity contribution < 1.29 is 19.8 Å². The maximum Gasteiger partial charge on any atom is 0.303 e. The van der Waals surface area contributed by atoms with E-state index in [0.717, 1.165) is 0 Å². The van der Waals surface area contributed by atoms with E-state index < -0.39 is 15.2 Å². The van der Waals surface area contributed by atoms with Crippen molar-refractivity contribution in [2.75, 3.05) is 0 Å². The molecular weight excluding hydrogens is 308 g/mol.